The van der Waals surface area contributed by atoms with Gasteiger partial charge < -0.3 is 19.2 Å². The van der Waals surface area contributed by atoms with E-state index in [0.717, 1.165) is 16.8 Å². The van der Waals surface area contributed by atoms with Crippen LogP contribution in [0, 0.1) is 5.92 Å². The second kappa shape index (κ2) is 7.70. The Balaban J connectivity index is 1.85. The first-order valence-corrected chi connectivity index (χ1v) is 9.00. The maximum absolute atomic E-state index is 12.7. The van der Waals surface area contributed by atoms with Crippen LogP contribution in [0.3, 0.4) is 0 Å². The number of fused-ring (bicyclic) bond motifs is 1. The van der Waals surface area contributed by atoms with Crippen molar-refractivity contribution < 1.29 is 9.53 Å². The highest BCUT2D eigenvalue weighted by atomic mass is 16.5. The lowest BCUT2D eigenvalue weighted by atomic mass is 10.2. The van der Waals surface area contributed by atoms with Crippen molar-refractivity contribution in [3.8, 4) is 5.75 Å². The number of carbonyl (C=O) groups excluding carboxylic acids is 1. The van der Waals surface area contributed by atoms with Crippen molar-refractivity contribution in [3.63, 3.8) is 0 Å². The van der Waals surface area contributed by atoms with Gasteiger partial charge in [0.05, 0.1) is 18.0 Å². The fourth-order valence-corrected chi connectivity index (χ4v) is 3.18. The molecule has 6 nitrogen and oxygen atoms in total. The maximum atomic E-state index is 12.7. The summed E-state index contributed by atoms with van der Waals surface area (Å²) < 4.78 is 8.66. The minimum atomic E-state index is -0.216. The molecule has 1 aromatic carbocycles. The van der Waals surface area contributed by atoms with Gasteiger partial charge >= 0.3 is 0 Å². The average molecular weight is 367 g/mol. The van der Waals surface area contributed by atoms with E-state index < -0.39 is 0 Å². The molecule has 0 spiro atoms. The van der Waals surface area contributed by atoms with Gasteiger partial charge in [0.2, 0.25) is 0 Å². The van der Waals surface area contributed by atoms with Crippen LogP contribution in [0.1, 0.15) is 29.9 Å². The van der Waals surface area contributed by atoms with E-state index in [1.54, 1.807) is 35.6 Å². The number of hydrogen-bond acceptors (Lipinski definition) is 3. The molecule has 1 N–H and O–H groups in total. The third-order valence-electron chi connectivity index (χ3n) is 4.57. The molecule has 0 aliphatic rings. The number of amides is 1. The summed E-state index contributed by atoms with van der Waals surface area (Å²) in [5.41, 5.74) is 2.10. The van der Waals surface area contributed by atoms with Crippen LogP contribution in [0.4, 0.5) is 0 Å². The van der Waals surface area contributed by atoms with Crippen LogP contribution in [0.5, 0.6) is 5.75 Å². The molecule has 27 heavy (non-hydrogen) atoms. The predicted octanol–water partition coefficient (Wildman–Crippen LogP) is 2.93. The molecule has 0 atom stereocenters. The first-order chi connectivity index (χ1) is 12.9. The lowest BCUT2D eigenvalue weighted by molar-refractivity contribution is 0.0943. The fraction of sp³-hybridized carbons (Fsp3) is 0.333. The Morgan fingerprint density at radius 1 is 1.22 bits per heavy atom. The topological polar surface area (TPSA) is 65.3 Å². The number of nitrogens with zero attached hydrogens (tertiary/aromatic N) is 2. The van der Waals surface area contributed by atoms with Gasteiger partial charge in [-0.3, -0.25) is 9.59 Å². The molecule has 0 unspecified atom stereocenters. The minimum absolute atomic E-state index is 0.0661. The standard InChI is InChI=1S/C21H25N3O3/c1-14(2)13-24-9-8-18-17(21(24)26)11-19(23(18)3)20(25)22-12-15-6-5-7-16(10-15)27-4/h5-11,14H,12-13H2,1-4H3,(H,22,25). The molecule has 6 heteroatoms. The molecule has 0 fully saturated rings. The number of methoxy groups -OCH3 is 1. The Kier molecular flexibility index (Phi) is 5.35. The molecule has 3 aromatic rings. The van der Waals surface area contributed by atoms with Gasteiger partial charge in [-0.2, -0.15) is 0 Å². The number of pyridine rings is 1. The van der Waals surface area contributed by atoms with E-state index in [9.17, 15) is 9.59 Å². The number of carbonyl (C=O) groups is 1. The van der Waals surface area contributed by atoms with Gasteiger partial charge in [-0.15, -0.1) is 0 Å². The Morgan fingerprint density at radius 2 is 2.00 bits per heavy atom. The second-order valence-corrected chi connectivity index (χ2v) is 7.09. The number of nitrogens with one attached hydrogen (secondary N) is 1. The molecule has 3 rings (SSSR count). The van der Waals surface area contributed by atoms with Crippen LogP contribution in [0.2, 0.25) is 0 Å². The van der Waals surface area contributed by atoms with E-state index in [4.69, 9.17) is 4.74 Å². The molecule has 0 radical (unpaired) electrons. The minimum Gasteiger partial charge on any atom is -0.497 e. The molecule has 2 aromatic heterocycles. The van der Waals surface area contributed by atoms with E-state index in [-0.39, 0.29) is 11.5 Å². The zero-order chi connectivity index (χ0) is 19.6. The Hall–Kier alpha value is -3.02. The van der Waals surface area contributed by atoms with Crippen molar-refractivity contribution in [1.82, 2.24) is 14.5 Å². The van der Waals surface area contributed by atoms with Gasteiger partial charge in [0.15, 0.2) is 0 Å². The van der Waals surface area contributed by atoms with E-state index in [2.05, 4.69) is 19.2 Å². The van der Waals surface area contributed by atoms with Crippen molar-refractivity contribution in [3.05, 3.63) is 64.2 Å². The first-order valence-electron chi connectivity index (χ1n) is 9.00. The molecule has 0 aliphatic heterocycles. The monoisotopic (exact) mass is 367 g/mol. The smallest absolute Gasteiger partial charge is 0.268 e. The molecule has 142 valence electrons. The summed E-state index contributed by atoms with van der Waals surface area (Å²) in [4.78, 5) is 25.4. The summed E-state index contributed by atoms with van der Waals surface area (Å²) in [6, 6.07) is 11.1. The van der Waals surface area contributed by atoms with Crippen molar-refractivity contribution >= 4 is 16.8 Å². The molecular weight excluding hydrogens is 342 g/mol. The highest BCUT2D eigenvalue weighted by molar-refractivity contribution is 5.98. The normalized spacial score (nSPS) is 11.1. The van der Waals surface area contributed by atoms with Crippen LogP contribution >= 0.6 is 0 Å². The van der Waals surface area contributed by atoms with E-state index >= 15 is 0 Å². The zero-order valence-corrected chi connectivity index (χ0v) is 16.2. The number of hydrogen-bond donors (Lipinski definition) is 1. The van der Waals surface area contributed by atoms with Crippen LogP contribution in [0.15, 0.2) is 47.4 Å². The third-order valence-corrected chi connectivity index (χ3v) is 4.57. The highest BCUT2D eigenvalue weighted by Crippen LogP contribution is 2.16. The summed E-state index contributed by atoms with van der Waals surface area (Å²) in [7, 11) is 3.41. The Labute approximate surface area is 158 Å². The Morgan fingerprint density at radius 3 is 2.70 bits per heavy atom. The predicted molar refractivity (Wildman–Crippen MR) is 106 cm³/mol. The first kappa shape index (κ1) is 18.8. The molecule has 1 amide bonds. The number of benzene rings is 1. The molecule has 0 saturated heterocycles. The van der Waals surface area contributed by atoms with Gasteiger partial charge in [-0.05, 0) is 35.7 Å². The van der Waals surface area contributed by atoms with Gasteiger partial charge in [0.1, 0.15) is 11.4 Å². The molecule has 2 heterocycles. The molecule has 0 aliphatic carbocycles. The van der Waals surface area contributed by atoms with Crippen molar-refractivity contribution in [2.45, 2.75) is 26.9 Å². The average Bonchev–Trinajstić information content (AvgIpc) is 2.99. The lowest BCUT2D eigenvalue weighted by Gasteiger charge is -2.09. The van der Waals surface area contributed by atoms with E-state index in [1.165, 1.54) is 0 Å². The van der Waals surface area contributed by atoms with E-state index in [0.29, 0.717) is 30.1 Å². The zero-order valence-electron chi connectivity index (χ0n) is 16.2. The van der Waals surface area contributed by atoms with Crippen LogP contribution in [-0.2, 0) is 20.1 Å². The largest absolute Gasteiger partial charge is 0.497 e. The van der Waals surface area contributed by atoms with Crippen LogP contribution in [0.25, 0.3) is 10.9 Å². The Bertz CT molecular complexity index is 1030. The maximum Gasteiger partial charge on any atom is 0.268 e. The number of rotatable bonds is 6. The van der Waals surface area contributed by atoms with Crippen LogP contribution in [-0.4, -0.2) is 22.2 Å². The number of ether oxygens (including phenoxy) is 1. The summed E-state index contributed by atoms with van der Waals surface area (Å²) in [5, 5.41) is 3.47. The molecular formula is C21H25N3O3. The second-order valence-electron chi connectivity index (χ2n) is 7.09. The van der Waals surface area contributed by atoms with Gasteiger partial charge in [-0.25, -0.2) is 0 Å². The quantitative estimate of drug-likeness (QED) is 0.728. The fourth-order valence-electron chi connectivity index (χ4n) is 3.18. The lowest BCUT2D eigenvalue weighted by Crippen LogP contribution is -2.24. The number of aryl methyl sites for hydroxylation is 1. The molecule has 0 bridgehead atoms. The van der Waals surface area contributed by atoms with Gasteiger partial charge in [0, 0.05) is 26.3 Å². The molecule has 0 saturated carbocycles. The van der Waals surface area contributed by atoms with Crippen molar-refractivity contribution in [2.24, 2.45) is 13.0 Å². The SMILES string of the molecule is COc1cccc(CNC(=O)c2cc3c(=O)n(CC(C)C)ccc3n2C)c1. The summed E-state index contributed by atoms with van der Waals surface area (Å²) in [6.07, 6.45) is 1.79. The summed E-state index contributed by atoms with van der Waals surface area (Å²) in [5.74, 6) is 0.901. The van der Waals surface area contributed by atoms with Crippen molar-refractivity contribution in [1.29, 1.82) is 0 Å². The third kappa shape index (κ3) is 3.89. The van der Waals surface area contributed by atoms with Crippen LogP contribution < -0.4 is 15.6 Å². The highest BCUT2D eigenvalue weighted by Gasteiger charge is 2.16. The van der Waals surface area contributed by atoms with Gasteiger partial charge in [0.25, 0.3) is 11.5 Å². The van der Waals surface area contributed by atoms with Gasteiger partial charge in [-0.1, -0.05) is 26.0 Å². The summed E-state index contributed by atoms with van der Waals surface area (Å²) >= 11 is 0. The van der Waals surface area contributed by atoms with E-state index in [1.807, 2.05) is 30.3 Å². The number of aromatic nitrogens is 2. The summed E-state index contributed by atoms with van der Waals surface area (Å²) in [6.45, 7) is 5.17. The van der Waals surface area contributed by atoms with Crippen molar-refractivity contribution in [2.75, 3.05) is 7.11 Å².